The minimum absolute atomic E-state index is 0.410. The second-order valence-corrected chi connectivity index (χ2v) is 9.19. The lowest BCUT2D eigenvalue weighted by Gasteiger charge is -2.30. The minimum Gasteiger partial charge on any atom is -0.497 e. The lowest BCUT2D eigenvalue weighted by atomic mass is 9.92. The zero-order valence-corrected chi connectivity index (χ0v) is 17.2. The van der Waals surface area contributed by atoms with Crippen LogP contribution in [-0.4, -0.2) is 28.2 Å². The molecule has 2 aliphatic rings. The maximum absolute atomic E-state index is 12.2. The number of aromatic nitrogens is 1. The summed E-state index contributed by atoms with van der Waals surface area (Å²) < 4.78 is 21.9. The zero-order chi connectivity index (χ0) is 20.0. The summed E-state index contributed by atoms with van der Waals surface area (Å²) in [6.45, 7) is 0.831. The van der Waals surface area contributed by atoms with Gasteiger partial charge in [0.1, 0.15) is 22.8 Å². The number of anilines is 1. The van der Waals surface area contributed by atoms with Crippen molar-refractivity contribution in [1.29, 1.82) is 5.26 Å². The lowest BCUT2D eigenvalue weighted by molar-refractivity contribution is 0.324. The summed E-state index contributed by atoms with van der Waals surface area (Å²) in [5.41, 5.74) is 4.76. The first-order valence-electron chi connectivity index (χ1n) is 10.1. The number of hydrogen-bond acceptors (Lipinski definition) is 3. The van der Waals surface area contributed by atoms with Crippen molar-refractivity contribution in [1.82, 2.24) is 4.57 Å². The Balaban J connectivity index is 1.67. The fraction of sp³-hybridized carbons (Fsp3) is 0.348. The molecule has 2 fully saturated rings. The largest absolute Gasteiger partial charge is 0.497 e. The molecule has 0 amide bonds. The molecule has 0 spiro atoms. The maximum Gasteiger partial charge on any atom is 0.120 e. The molecule has 5 nitrogen and oxygen atoms in total. The molecule has 29 heavy (non-hydrogen) atoms. The molecule has 0 bridgehead atoms. The van der Waals surface area contributed by atoms with Gasteiger partial charge in [0, 0.05) is 35.5 Å². The minimum atomic E-state index is -0.927. The van der Waals surface area contributed by atoms with Crippen LogP contribution < -0.4 is 9.04 Å². The van der Waals surface area contributed by atoms with Crippen LogP contribution in [0.3, 0.4) is 0 Å². The number of methoxy groups -OCH3 is 1. The molecule has 5 rings (SSSR count). The smallest absolute Gasteiger partial charge is 0.120 e. The Morgan fingerprint density at radius 2 is 1.93 bits per heavy atom. The van der Waals surface area contributed by atoms with Crippen LogP contribution in [0.5, 0.6) is 5.75 Å². The van der Waals surface area contributed by atoms with Gasteiger partial charge < -0.3 is 9.30 Å². The van der Waals surface area contributed by atoms with Crippen LogP contribution in [-0.2, 0) is 11.0 Å². The Bertz CT molecular complexity index is 1140. The highest BCUT2D eigenvalue weighted by Gasteiger charge is 2.28. The summed E-state index contributed by atoms with van der Waals surface area (Å²) in [6.07, 6.45) is 4.44. The van der Waals surface area contributed by atoms with Crippen molar-refractivity contribution in [3.63, 3.8) is 0 Å². The van der Waals surface area contributed by atoms with E-state index in [1.165, 1.54) is 6.42 Å². The fourth-order valence-corrected chi connectivity index (χ4v) is 5.70. The molecular formula is C23H23N3O2S. The van der Waals surface area contributed by atoms with Gasteiger partial charge >= 0.3 is 0 Å². The van der Waals surface area contributed by atoms with Crippen LogP contribution in [0, 0.1) is 11.3 Å². The molecule has 148 valence electrons. The highest BCUT2D eigenvalue weighted by Crippen LogP contribution is 2.43. The van der Waals surface area contributed by atoms with Gasteiger partial charge in [-0.05, 0) is 55.5 Å². The van der Waals surface area contributed by atoms with Crippen molar-refractivity contribution in [2.75, 3.05) is 23.7 Å². The Labute approximate surface area is 173 Å². The van der Waals surface area contributed by atoms with Crippen molar-refractivity contribution in [3.8, 4) is 23.1 Å². The Morgan fingerprint density at radius 3 is 2.52 bits per heavy atom. The Kier molecular flexibility index (Phi) is 4.56. The Morgan fingerprint density at radius 1 is 1.14 bits per heavy atom. The van der Waals surface area contributed by atoms with Gasteiger partial charge in [0.15, 0.2) is 0 Å². The van der Waals surface area contributed by atoms with E-state index in [9.17, 15) is 9.47 Å². The third-order valence-corrected chi connectivity index (χ3v) is 7.64. The van der Waals surface area contributed by atoms with Crippen LogP contribution in [0.4, 0.5) is 5.69 Å². The summed E-state index contributed by atoms with van der Waals surface area (Å²) in [4.78, 5) is 0. The Hall–Kier alpha value is -2.78. The first-order chi connectivity index (χ1) is 14.2. The molecule has 2 heterocycles. The molecule has 0 N–H and O–H groups in total. The van der Waals surface area contributed by atoms with Gasteiger partial charge in [-0.1, -0.05) is 12.1 Å². The summed E-state index contributed by atoms with van der Waals surface area (Å²) in [7, 11) is 0.745. The molecule has 1 saturated carbocycles. The van der Waals surface area contributed by atoms with E-state index in [0.717, 1.165) is 65.2 Å². The molecule has 1 saturated heterocycles. The molecule has 6 heteroatoms. The van der Waals surface area contributed by atoms with E-state index < -0.39 is 11.0 Å². The van der Waals surface area contributed by atoms with E-state index in [4.69, 9.17) is 4.74 Å². The molecule has 1 unspecified atom stereocenters. The average molecular weight is 406 g/mol. The predicted octanol–water partition coefficient (Wildman–Crippen LogP) is 4.79. The lowest BCUT2D eigenvalue weighted by Crippen LogP contribution is -2.19. The summed E-state index contributed by atoms with van der Waals surface area (Å²) in [6, 6.07) is 17.0. The maximum atomic E-state index is 12.2. The number of nitriles is 1. The molecule has 0 radical (unpaired) electrons. The number of rotatable bonds is 4. The molecule has 1 aliphatic carbocycles. The highest BCUT2D eigenvalue weighted by atomic mass is 32.2. The molecule has 3 aromatic rings. The molecule has 2 aromatic carbocycles. The summed E-state index contributed by atoms with van der Waals surface area (Å²) in [5.74, 6) is 1.54. The highest BCUT2D eigenvalue weighted by molar-refractivity contribution is 7.86. The second-order valence-electron chi connectivity index (χ2n) is 7.70. The van der Waals surface area contributed by atoms with Crippen LogP contribution in [0.25, 0.3) is 22.2 Å². The molecular weight excluding hydrogens is 382 g/mol. The van der Waals surface area contributed by atoms with Crippen molar-refractivity contribution in [2.24, 2.45) is 0 Å². The molecule has 1 atom stereocenters. The van der Waals surface area contributed by atoms with Crippen molar-refractivity contribution in [2.45, 2.75) is 31.7 Å². The van der Waals surface area contributed by atoms with Gasteiger partial charge in [0.2, 0.25) is 0 Å². The fourth-order valence-electron chi connectivity index (χ4n) is 4.41. The van der Waals surface area contributed by atoms with Crippen LogP contribution >= 0.6 is 0 Å². The number of benzene rings is 2. The van der Waals surface area contributed by atoms with E-state index in [1.54, 1.807) is 7.11 Å². The number of hydrogen-bond donors (Lipinski definition) is 0. The van der Waals surface area contributed by atoms with E-state index >= 15 is 0 Å². The summed E-state index contributed by atoms with van der Waals surface area (Å²) >= 11 is 0. The van der Waals surface area contributed by atoms with Gasteiger partial charge in [-0.3, -0.25) is 4.31 Å². The normalized spacial score (nSPS) is 19.3. The topological polar surface area (TPSA) is 58.3 Å². The quantitative estimate of drug-likeness (QED) is 0.627. The van der Waals surface area contributed by atoms with E-state index in [1.807, 2.05) is 34.6 Å². The standard InChI is InChI=1S/C23H23N3O2S/c1-28-19-10-11-20-21(15-24)23(26(22(20)14-19)18-4-2-5-18)16-6-8-17(9-7-16)25-12-3-13-29(25)27/h6-11,14,18H,2-5,12-13H2,1H3. The first kappa shape index (κ1) is 18.3. The number of ether oxygens (including phenoxy) is 1. The summed E-state index contributed by atoms with van der Waals surface area (Å²) in [5, 5.41) is 11.0. The van der Waals surface area contributed by atoms with E-state index in [2.05, 4.69) is 22.8 Å². The monoisotopic (exact) mass is 405 g/mol. The van der Waals surface area contributed by atoms with Gasteiger partial charge in [0.25, 0.3) is 0 Å². The first-order valence-corrected chi connectivity index (χ1v) is 11.4. The van der Waals surface area contributed by atoms with Crippen LogP contribution in [0.2, 0.25) is 0 Å². The van der Waals surface area contributed by atoms with Crippen LogP contribution in [0.1, 0.15) is 37.3 Å². The number of fused-ring (bicyclic) bond motifs is 1. The van der Waals surface area contributed by atoms with Crippen molar-refractivity contribution < 1.29 is 8.95 Å². The van der Waals surface area contributed by atoms with Crippen molar-refractivity contribution in [3.05, 3.63) is 48.0 Å². The van der Waals surface area contributed by atoms with Crippen molar-refractivity contribution >= 4 is 27.6 Å². The molecule has 1 aliphatic heterocycles. The van der Waals surface area contributed by atoms with Gasteiger partial charge in [-0.25, -0.2) is 4.21 Å². The SMILES string of the molecule is COc1ccc2c(C#N)c(-c3ccc(N4CCCS4=O)cc3)n(C3CCC3)c2c1. The van der Waals surface area contributed by atoms with E-state index in [0.29, 0.717) is 11.6 Å². The van der Waals surface area contributed by atoms with Gasteiger partial charge in [-0.15, -0.1) is 0 Å². The predicted molar refractivity (Wildman–Crippen MR) is 117 cm³/mol. The second kappa shape index (κ2) is 7.23. The van der Waals surface area contributed by atoms with Gasteiger partial charge in [0.05, 0.1) is 23.9 Å². The van der Waals surface area contributed by atoms with Crippen LogP contribution in [0.15, 0.2) is 42.5 Å². The molecule has 1 aromatic heterocycles. The third kappa shape index (κ3) is 2.92. The number of nitrogens with zero attached hydrogens (tertiary/aromatic N) is 3. The average Bonchev–Trinajstić information content (AvgIpc) is 3.28. The van der Waals surface area contributed by atoms with Gasteiger partial charge in [-0.2, -0.15) is 5.26 Å². The van der Waals surface area contributed by atoms with E-state index in [-0.39, 0.29) is 0 Å². The zero-order valence-electron chi connectivity index (χ0n) is 16.4. The third-order valence-electron chi connectivity index (χ3n) is 6.12.